The maximum atomic E-state index is 6.02. The molecule has 0 aromatic carbocycles. The summed E-state index contributed by atoms with van der Waals surface area (Å²) in [5, 5.41) is 3.44. The van der Waals surface area contributed by atoms with Crippen LogP contribution >= 0.6 is 38.9 Å². The summed E-state index contributed by atoms with van der Waals surface area (Å²) in [6.07, 6.45) is 0. The molecule has 0 saturated carbocycles. The van der Waals surface area contributed by atoms with Crippen molar-refractivity contribution in [1.29, 1.82) is 0 Å². The first kappa shape index (κ1) is 11.9. The summed E-state index contributed by atoms with van der Waals surface area (Å²) in [7, 11) is 0. The van der Waals surface area contributed by atoms with E-state index in [1.807, 2.05) is 0 Å². The molecule has 1 aromatic rings. The molecule has 0 aliphatic carbocycles. The maximum Gasteiger partial charge on any atom is 0.107 e. The smallest absolute Gasteiger partial charge is 0.107 e. The third-order valence-corrected chi connectivity index (χ3v) is 4.99. The normalized spacial score (nSPS) is 23.3. The number of nitrogens with one attached hydrogen (secondary N) is 1. The Hall–Kier alpha value is 0.390. The van der Waals surface area contributed by atoms with Crippen LogP contribution in [0.5, 0.6) is 0 Å². The number of hydrogen-bond acceptors (Lipinski definition) is 3. The minimum Gasteiger partial charge on any atom is -0.312 e. The molecular formula is C10H14BrClN2S. The van der Waals surface area contributed by atoms with Crippen LogP contribution in [0.1, 0.15) is 11.8 Å². The van der Waals surface area contributed by atoms with Gasteiger partial charge in [0.2, 0.25) is 0 Å². The summed E-state index contributed by atoms with van der Waals surface area (Å²) in [5.74, 6) is 0. The van der Waals surface area contributed by atoms with Gasteiger partial charge in [-0.1, -0.05) is 11.6 Å². The van der Waals surface area contributed by atoms with Gasteiger partial charge in [0.1, 0.15) is 4.34 Å². The van der Waals surface area contributed by atoms with E-state index in [2.05, 4.69) is 39.1 Å². The summed E-state index contributed by atoms with van der Waals surface area (Å²) in [6, 6.07) is 2.72. The van der Waals surface area contributed by atoms with Crippen LogP contribution in [0.3, 0.4) is 0 Å². The summed E-state index contributed by atoms with van der Waals surface area (Å²) in [4.78, 5) is 3.80. The summed E-state index contributed by atoms with van der Waals surface area (Å²) < 4.78 is 1.88. The van der Waals surface area contributed by atoms with E-state index in [9.17, 15) is 0 Å². The van der Waals surface area contributed by atoms with Gasteiger partial charge in [-0.2, -0.15) is 0 Å². The molecular weight excluding hydrogens is 296 g/mol. The zero-order chi connectivity index (χ0) is 10.8. The Bertz CT molecular complexity index is 323. The van der Waals surface area contributed by atoms with Crippen LogP contribution in [-0.2, 0) is 6.54 Å². The van der Waals surface area contributed by atoms with E-state index in [0.29, 0.717) is 6.04 Å². The fraction of sp³-hybridized carbons (Fsp3) is 0.600. The first-order valence-corrected chi connectivity index (χ1v) is 7.03. The fourth-order valence-corrected chi connectivity index (χ4v) is 3.68. The molecule has 1 fully saturated rings. The van der Waals surface area contributed by atoms with E-state index in [1.54, 1.807) is 11.3 Å². The molecule has 2 rings (SSSR count). The predicted octanol–water partition coefficient (Wildman–Crippen LogP) is 2.96. The second kappa shape index (κ2) is 5.15. The van der Waals surface area contributed by atoms with Crippen molar-refractivity contribution >= 4 is 38.9 Å². The maximum absolute atomic E-state index is 6.02. The largest absolute Gasteiger partial charge is 0.312 e. The van der Waals surface area contributed by atoms with Crippen molar-refractivity contribution < 1.29 is 0 Å². The lowest BCUT2D eigenvalue weighted by Gasteiger charge is -2.31. The zero-order valence-electron chi connectivity index (χ0n) is 8.59. The number of halogens is 2. The number of thiophene rings is 1. The van der Waals surface area contributed by atoms with Crippen LogP contribution in [0.2, 0.25) is 4.34 Å². The second-order valence-corrected chi connectivity index (χ2v) is 6.52. The fourth-order valence-electron chi connectivity index (χ4n) is 1.85. The van der Waals surface area contributed by atoms with Gasteiger partial charge < -0.3 is 5.32 Å². The lowest BCUT2D eigenvalue weighted by Crippen LogP contribution is -2.48. The van der Waals surface area contributed by atoms with Crippen molar-refractivity contribution in [3.63, 3.8) is 0 Å². The molecule has 1 aliphatic heterocycles. The highest BCUT2D eigenvalue weighted by Crippen LogP contribution is 2.32. The van der Waals surface area contributed by atoms with Gasteiger partial charge in [-0.15, -0.1) is 11.3 Å². The van der Waals surface area contributed by atoms with E-state index in [4.69, 9.17) is 11.6 Å². The zero-order valence-corrected chi connectivity index (χ0v) is 11.8. The lowest BCUT2D eigenvalue weighted by molar-refractivity contribution is 0.201. The lowest BCUT2D eigenvalue weighted by atomic mass is 10.2. The Labute approximate surface area is 108 Å². The average molecular weight is 310 g/mol. The Morgan fingerprint density at radius 3 is 3.13 bits per heavy atom. The molecule has 5 heteroatoms. The Morgan fingerprint density at radius 2 is 2.53 bits per heavy atom. The highest BCUT2D eigenvalue weighted by atomic mass is 79.9. The standard InChI is InChI=1S/C10H14BrClN2S/c1-7-5-14(3-2-13-7)6-8-4-9(11)10(12)15-8/h4,7,13H,2-3,5-6H2,1H3. The molecule has 15 heavy (non-hydrogen) atoms. The van der Waals surface area contributed by atoms with Crippen molar-refractivity contribution in [2.75, 3.05) is 19.6 Å². The molecule has 1 saturated heterocycles. The third kappa shape index (κ3) is 3.17. The summed E-state index contributed by atoms with van der Waals surface area (Å²) in [5.41, 5.74) is 0. The molecule has 1 unspecified atom stereocenters. The molecule has 0 amide bonds. The Morgan fingerprint density at radius 1 is 1.73 bits per heavy atom. The molecule has 0 radical (unpaired) electrons. The molecule has 2 heterocycles. The van der Waals surface area contributed by atoms with Crippen LogP contribution in [-0.4, -0.2) is 30.6 Å². The van der Waals surface area contributed by atoms with E-state index in [0.717, 1.165) is 35.0 Å². The van der Waals surface area contributed by atoms with Gasteiger partial charge in [-0.05, 0) is 28.9 Å². The first-order chi connectivity index (χ1) is 7.15. The van der Waals surface area contributed by atoms with Crippen molar-refractivity contribution in [2.24, 2.45) is 0 Å². The van der Waals surface area contributed by atoms with Gasteiger partial charge in [0.15, 0.2) is 0 Å². The molecule has 0 bridgehead atoms. The predicted molar refractivity (Wildman–Crippen MR) is 69.8 cm³/mol. The highest BCUT2D eigenvalue weighted by Gasteiger charge is 2.16. The van der Waals surface area contributed by atoms with Gasteiger partial charge >= 0.3 is 0 Å². The van der Waals surface area contributed by atoms with E-state index >= 15 is 0 Å². The first-order valence-electron chi connectivity index (χ1n) is 5.04. The number of piperazine rings is 1. The topological polar surface area (TPSA) is 15.3 Å². The Kier molecular flexibility index (Phi) is 4.07. The van der Waals surface area contributed by atoms with Crippen molar-refractivity contribution in [1.82, 2.24) is 10.2 Å². The minimum absolute atomic E-state index is 0.595. The molecule has 1 N–H and O–H groups in total. The van der Waals surface area contributed by atoms with Crippen LogP contribution in [0.25, 0.3) is 0 Å². The quantitative estimate of drug-likeness (QED) is 0.903. The SMILES string of the molecule is CC1CN(Cc2cc(Br)c(Cl)s2)CCN1. The molecule has 1 aliphatic rings. The monoisotopic (exact) mass is 308 g/mol. The van der Waals surface area contributed by atoms with Gasteiger partial charge in [-0.3, -0.25) is 4.90 Å². The van der Waals surface area contributed by atoms with Gasteiger partial charge in [0.25, 0.3) is 0 Å². The Balaban J connectivity index is 1.96. The van der Waals surface area contributed by atoms with Crippen molar-refractivity contribution in [3.05, 3.63) is 19.8 Å². The van der Waals surface area contributed by atoms with Crippen LogP contribution in [0, 0.1) is 0 Å². The van der Waals surface area contributed by atoms with Crippen molar-refractivity contribution in [2.45, 2.75) is 19.5 Å². The number of nitrogens with zero attached hydrogens (tertiary/aromatic N) is 1. The van der Waals surface area contributed by atoms with Gasteiger partial charge in [0, 0.05) is 41.6 Å². The number of hydrogen-bond donors (Lipinski definition) is 1. The van der Waals surface area contributed by atoms with Gasteiger partial charge in [-0.25, -0.2) is 0 Å². The molecule has 84 valence electrons. The van der Waals surface area contributed by atoms with Crippen LogP contribution in [0.4, 0.5) is 0 Å². The van der Waals surface area contributed by atoms with Crippen LogP contribution in [0.15, 0.2) is 10.5 Å². The van der Waals surface area contributed by atoms with Crippen molar-refractivity contribution in [3.8, 4) is 0 Å². The molecule has 0 spiro atoms. The summed E-state index contributed by atoms with van der Waals surface area (Å²) in [6.45, 7) is 6.57. The summed E-state index contributed by atoms with van der Waals surface area (Å²) >= 11 is 11.1. The second-order valence-electron chi connectivity index (χ2n) is 3.92. The minimum atomic E-state index is 0.595. The van der Waals surface area contributed by atoms with Crippen LogP contribution < -0.4 is 5.32 Å². The van der Waals surface area contributed by atoms with E-state index < -0.39 is 0 Å². The van der Waals surface area contributed by atoms with E-state index in [-0.39, 0.29) is 0 Å². The molecule has 1 aromatic heterocycles. The van der Waals surface area contributed by atoms with Gasteiger partial charge in [0.05, 0.1) is 0 Å². The molecule has 2 nitrogen and oxygen atoms in total. The third-order valence-electron chi connectivity index (χ3n) is 2.53. The molecule has 1 atom stereocenters. The highest BCUT2D eigenvalue weighted by molar-refractivity contribution is 9.10. The number of rotatable bonds is 2. The average Bonchev–Trinajstić information content (AvgIpc) is 2.45. The van der Waals surface area contributed by atoms with E-state index in [1.165, 1.54) is 4.88 Å².